The number of ether oxygens (including phenoxy) is 1. The van der Waals surface area contributed by atoms with Gasteiger partial charge < -0.3 is 10.5 Å². The van der Waals surface area contributed by atoms with E-state index in [4.69, 9.17) is 10.5 Å². The molecule has 1 aromatic heterocycles. The van der Waals surface area contributed by atoms with Crippen LogP contribution in [0.3, 0.4) is 0 Å². The summed E-state index contributed by atoms with van der Waals surface area (Å²) >= 11 is 0.998. The summed E-state index contributed by atoms with van der Waals surface area (Å²) < 4.78 is 43.4. The van der Waals surface area contributed by atoms with Crippen molar-refractivity contribution in [3.05, 3.63) is 45.4 Å². The summed E-state index contributed by atoms with van der Waals surface area (Å²) in [6.07, 6.45) is -4.14. The molecule has 0 saturated carbocycles. The van der Waals surface area contributed by atoms with Crippen molar-refractivity contribution in [1.82, 2.24) is 4.98 Å². The Hall–Kier alpha value is -1.60. The van der Waals surface area contributed by atoms with Crippen molar-refractivity contribution in [3.8, 4) is 5.75 Å². The Kier molecular flexibility index (Phi) is 4.29. The Morgan fingerprint density at radius 3 is 2.65 bits per heavy atom. The molecule has 0 atom stereocenters. The molecule has 0 aliphatic carbocycles. The second-order valence-electron chi connectivity index (χ2n) is 4.11. The molecule has 0 radical (unpaired) electrons. The van der Waals surface area contributed by atoms with Gasteiger partial charge in [0, 0.05) is 13.0 Å². The Morgan fingerprint density at radius 2 is 2.10 bits per heavy atom. The van der Waals surface area contributed by atoms with Crippen LogP contribution in [0, 0.1) is 0 Å². The summed E-state index contributed by atoms with van der Waals surface area (Å²) in [5, 5.41) is 0.394. The number of alkyl halides is 3. The maximum absolute atomic E-state index is 12.8. The molecule has 0 spiro atoms. The van der Waals surface area contributed by atoms with E-state index < -0.39 is 11.9 Å². The van der Waals surface area contributed by atoms with E-state index in [-0.39, 0.29) is 11.4 Å². The lowest BCUT2D eigenvalue weighted by molar-refractivity contribution is -0.141. The lowest BCUT2D eigenvalue weighted by Crippen LogP contribution is -2.10. The summed E-state index contributed by atoms with van der Waals surface area (Å²) in [7, 11) is 1.54. The number of nitrogens with two attached hydrogens (primary N) is 1. The predicted octanol–water partition coefficient (Wildman–Crippen LogP) is 3.22. The minimum atomic E-state index is -4.46. The average molecular weight is 302 g/mol. The van der Waals surface area contributed by atoms with E-state index in [2.05, 4.69) is 4.98 Å². The highest BCUT2D eigenvalue weighted by Gasteiger charge is 2.36. The van der Waals surface area contributed by atoms with Crippen molar-refractivity contribution in [3.63, 3.8) is 0 Å². The van der Waals surface area contributed by atoms with Gasteiger partial charge in [-0.3, -0.25) is 0 Å². The molecule has 0 unspecified atom stereocenters. The predicted molar refractivity (Wildman–Crippen MR) is 70.8 cm³/mol. The van der Waals surface area contributed by atoms with Crippen LogP contribution in [0.1, 0.15) is 21.1 Å². The van der Waals surface area contributed by atoms with Gasteiger partial charge in [0.2, 0.25) is 0 Å². The Bertz CT molecular complexity index is 596. The number of hydrogen-bond donors (Lipinski definition) is 1. The SMILES string of the molecule is COc1cccc(Cc2nc(C(F)(F)F)c(CN)s2)c1. The number of halogens is 3. The van der Waals surface area contributed by atoms with Crippen LogP contribution in [-0.4, -0.2) is 12.1 Å². The van der Waals surface area contributed by atoms with Crippen LogP contribution in [0.4, 0.5) is 13.2 Å². The number of hydrogen-bond acceptors (Lipinski definition) is 4. The van der Waals surface area contributed by atoms with Gasteiger partial charge in [-0.2, -0.15) is 13.2 Å². The zero-order valence-corrected chi connectivity index (χ0v) is 11.5. The number of methoxy groups -OCH3 is 1. The van der Waals surface area contributed by atoms with Crippen LogP contribution < -0.4 is 10.5 Å². The van der Waals surface area contributed by atoms with Gasteiger partial charge >= 0.3 is 6.18 Å². The molecule has 0 aliphatic rings. The van der Waals surface area contributed by atoms with E-state index in [0.717, 1.165) is 16.9 Å². The van der Waals surface area contributed by atoms with Crippen LogP contribution in [0.25, 0.3) is 0 Å². The van der Waals surface area contributed by atoms with Gasteiger partial charge in [-0.1, -0.05) is 12.1 Å². The van der Waals surface area contributed by atoms with Crippen LogP contribution in [-0.2, 0) is 19.1 Å². The van der Waals surface area contributed by atoms with Gasteiger partial charge in [-0.25, -0.2) is 4.98 Å². The van der Waals surface area contributed by atoms with E-state index >= 15 is 0 Å². The standard InChI is InChI=1S/C13H13F3N2OS/c1-19-9-4-2-3-8(5-9)6-11-18-12(13(14,15)16)10(7-17)20-11/h2-5H,6-7,17H2,1H3. The highest BCUT2D eigenvalue weighted by Crippen LogP contribution is 2.34. The molecule has 2 rings (SSSR count). The Balaban J connectivity index is 2.27. The molecule has 108 valence electrons. The molecule has 3 nitrogen and oxygen atoms in total. The van der Waals surface area contributed by atoms with Gasteiger partial charge in [0.05, 0.1) is 17.0 Å². The third kappa shape index (κ3) is 3.29. The van der Waals surface area contributed by atoms with Gasteiger partial charge in [0.1, 0.15) is 5.75 Å². The average Bonchev–Trinajstić information content (AvgIpc) is 2.82. The maximum atomic E-state index is 12.8. The van der Waals surface area contributed by atoms with E-state index in [1.165, 1.54) is 7.11 Å². The first-order chi connectivity index (χ1) is 9.44. The monoisotopic (exact) mass is 302 g/mol. The molecule has 0 fully saturated rings. The fourth-order valence-corrected chi connectivity index (χ4v) is 2.79. The van der Waals surface area contributed by atoms with Crippen molar-refractivity contribution < 1.29 is 17.9 Å². The molecular weight excluding hydrogens is 289 g/mol. The second kappa shape index (κ2) is 5.80. The van der Waals surface area contributed by atoms with Crippen LogP contribution >= 0.6 is 11.3 Å². The van der Waals surface area contributed by atoms with E-state index in [0.29, 0.717) is 17.2 Å². The minimum Gasteiger partial charge on any atom is -0.497 e. The highest BCUT2D eigenvalue weighted by atomic mass is 32.1. The first-order valence-electron chi connectivity index (χ1n) is 5.83. The largest absolute Gasteiger partial charge is 0.497 e. The van der Waals surface area contributed by atoms with E-state index in [9.17, 15) is 13.2 Å². The summed E-state index contributed by atoms with van der Waals surface area (Å²) in [5.74, 6) is 0.661. The normalized spacial score (nSPS) is 11.7. The fourth-order valence-electron chi connectivity index (χ4n) is 1.79. The van der Waals surface area contributed by atoms with Crippen LogP contribution in [0.2, 0.25) is 0 Å². The minimum absolute atomic E-state index is 0.0652. The maximum Gasteiger partial charge on any atom is 0.434 e. The van der Waals surface area contributed by atoms with Crippen molar-refractivity contribution in [2.45, 2.75) is 19.1 Å². The quantitative estimate of drug-likeness (QED) is 0.943. The zero-order valence-electron chi connectivity index (χ0n) is 10.7. The molecule has 2 N–H and O–H groups in total. The molecule has 0 aliphatic heterocycles. The van der Waals surface area contributed by atoms with E-state index in [1.54, 1.807) is 18.2 Å². The molecule has 0 amide bonds. The molecule has 1 heterocycles. The Labute approximate surface area is 118 Å². The van der Waals surface area contributed by atoms with E-state index in [1.807, 2.05) is 6.07 Å². The third-order valence-corrected chi connectivity index (χ3v) is 3.76. The first kappa shape index (κ1) is 14.8. The first-order valence-corrected chi connectivity index (χ1v) is 6.64. The zero-order chi connectivity index (χ0) is 14.8. The van der Waals surface area contributed by atoms with Crippen LogP contribution in [0.5, 0.6) is 5.75 Å². The highest BCUT2D eigenvalue weighted by molar-refractivity contribution is 7.11. The van der Waals surface area contributed by atoms with Gasteiger partial charge in [-0.15, -0.1) is 11.3 Å². The third-order valence-electron chi connectivity index (χ3n) is 2.69. The van der Waals surface area contributed by atoms with Gasteiger partial charge in [-0.05, 0) is 17.7 Å². The smallest absolute Gasteiger partial charge is 0.434 e. The molecule has 2 aromatic rings. The van der Waals surface area contributed by atoms with Crippen molar-refractivity contribution >= 4 is 11.3 Å². The lowest BCUT2D eigenvalue weighted by Gasteiger charge is -2.04. The second-order valence-corrected chi connectivity index (χ2v) is 5.28. The molecule has 0 bridgehead atoms. The summed E-state index contributed by atoms with van der Waals surface area (Å²) in [5.41, 5.74) is 5.32. The number of thiazole rings is 1. The number of rotatable bonds is 4. The van der Waals surface area contributed by atoms with Crippen molar-refractivity contribution in [2.24, 2.45) is 5.73 Å². The topological polar surface area (TPSA) is 48.1 Å². The summed E-state index contributed by atoms with van der Waals surface area (Å²) in [6.45, 7) is -0.162. The molecule has 0 saturated heterocycles. The number of aromatic nitrogens is 1. The van der Waals surface area contributed by atoms with Gasteiger partial charge in [0.25, 0.3) is 0 Å². The molecule has 20 heavy (non-hydrogen) atoms. The van der Waals surface area contributed by atoms with Crippen molar-refractivity contribution in [1.29, 1.82) is 0 Å². The van der Waals surface area contributed by atoms with Crippen molar-refractivity contribution in [2.75, 3.05) is 7.11 Å². The summed E-state index contributed by atoms with van der Waals surface area (Å²) in [6, 6.07) is 7.16. The molecular formula is C13H13F3N2OS. The summed E-state index contributed by atoms with van der Waals surface area (Å²) in [4.78, 5) is 3.74. The lowest BCUT2D eigenvalue weighted by atomic mass is 10.1. The Morgan fingerprint density at radius 1 is 1.35 bits per heavy atom. The molecule has 7 heteroatoms. The number of benzene rings is 1. The fraction of sp³-hybridized carbons (Fsp3) is 0.308. The van der Waals surface area contributed by atoms with Gasteiger partial charge in [0.15, 0.2) is 5.69 Å². The molecule has 1 aromatic carbocycles. The van der Waals surface area contributed by atoms with Crippen LogP contribution in [0.15, 0.2) is 24.3 Å². The number of nitrogens with zero attached hydrogens (tertiary/aromatic N) is 1.